The maximum atomic E-state index is 12.2. The molecular formula is C28H50N4O19. The Labute approximate surface area is 290 Å². The van der Waals surface area contributed by atoms with Gasteiger partial charge in [0.1, 0.15) is 85.3 Å². The minimum atomic E-state index is -1.79. The molecule has 0 aliphatic carbocycles. The second-order valence-corrected chi connectivity index (χ2v) is 12.8. The van der Waals surface area contributed by atoms with Gasteiger partial charge in [-0.25, -0.2) is 0 Å². The van der Waals surface area contributed by atoms with Crippen LogP contribution in [0.2, 0.25) is 0 Å². The highest BCUT2D eigenvalue weighted by Gasteiger charge is 2.55. The van der Waals surface area contributed by atoms with Crippen LogP contribution in [0.3, 0.4) is 0 Å². The van der Waals surface area contributed by atoms with Crippen molar-refractivity contribution < 1.29 is 93.8 Å². The Bertz CT molecular complexity index is 1140. The van der Waals surface area contributed by atoms with E-state index in [4.69, 9.17) is 44.6 Å². The second-order valence-electron chi connectivity index (χ2n) is 12.8. The highest BCUT2D eigenvalue weighted by Crippen LogP contribution is 2.33. The number of aliphatic hydroxyl groups excluding tert-OH is 10. The molecule has 4 fully saturated rings. The van der Waals surface area contributed by atoms with Gasteiger partial charge in [-0.2, -0.15) is 0 Å². The van der Waals surface area contributed by atoms with Crippen LogP contribution in [0, 0.1) is 0 Å². The third-order valence-corrected chi connectivity index (χ3v) is 9.17. The van der Waals surface area contributed by atoms with Gasteiger partial charge in [-0.15, -0.1) is 0 Å². The maximum absolute atomic E-state index is 12.2. The Kier molecular flexibility index (Phi) is 14.8. The van der Waals surface area contributed by atoms with Gasteiger partial charge in [0, 0.05) is 13.8 Å². The zero-order valence-electron chi connectivity index (χ0n) is 27.7. The number of nitrogens with two attached hydrogens (primary N) is 2. The van der Waals surface area contributed by atoms with Crippen LogP contribution in [0.5, 0.6) is 0 Å². The van der Waals surface area contributed by atoms with E-state index in [-0.39, 0.29) is 0 Å². The van der Waals surface area contributed by atoms with Gasteiger partial charge in [-0.05, 0) is 0 Å². The maximum Gasteiger partial charge on any atom is 0.217 e. The lowest BCUT2D eigenvalue weighted by Crippen LogP contribution is -2.71. The minimum absolute atomic E-state index is 0.647. The summed E-state index contributed by atoms with van der Waals surface area (Å²) in [5.74, 6) is -1.33. The number of nitrogens with one attached hydrogen (secondary N) is 2. The molecule has 1 unspecified atom stereocenters. The molecule has 20 atom stereocenters. The smallest absolute Gasteiger partial charge is 0.217 e. The van der Waals surface area contributed by atoms with Gasteiger partial charge in [0.15, 0.2) is 25.2 Å². The van der Waals surface area contributed by atoms with Crippen LogP contribution < -0.4 is 22.1 Å². The van der Waals surface area contributed by atoms with E-state index in [1.54, 1.807) is 0 Å². The van der Waals surface area contributed by atoms with Crippen molar-refractivity contribution in [3.63, 3.8) is 0 Å². The summed E-state index contributed by atoms with van der Waals surface area (Å²) < 4.78 is 39.9. The molecule has 0 aromatic carbocycles. The molecule has 0 bridgehead atoms. The predicted molar refractivity (Wildman–Crippen MR) is 161 cm³/mol. The molecule has 4 aliphatic rings. The van der Waals surface area contributed by atoms with Crippen LogP contribution in [0.25, 0.3) is 0 Å². The standard InChI is InChI=1S/C28H50N4O19/c1-7(37)31-15-20(42)17(39)9(3-33)46-27(15)51-23-11(5-35)47-26(14(30)19(23)41)49-24-12(6-36)48-28(16(21(24)43)32-8(2)38)50-22-10(4-34)45-25(44)13(29)18(22)40/h9-28,33-36,39-44H,3-6,29-30H2,1-2H3,(H,31,37)(H,32,38)/t9-,10-,11-,12-,13-,14-,15-,16-,17-,18-,19-,20-,21-,22-,23-,24-,25?,26+,27+,28+/m1/s1. The van der Waals surface area contributed by atoms with Crippen molar-refractivity contribution in [1.29, 1.82) is 0 Å². The summed E-state index contributed by atoms with van der Waals surface area (Å²) in [5, 5.41) is 109. The number of amides is 2. The molecule has 4 heterocycles. The van der Waals surface area contributed by atoms with Crippen LogP contribution in [0.15, 0.2) is 0 Å². The molecule has 0 saturated carbocycles. The first-order valence-electron chi connectivity index (χ1n) is 16.2. The lowest BCUT2D eigenvalue weighted by molar-refractivity contribution is -0.360. The molecular weight excluding hydrogens is 696 g/mol. The number of ether oxygens (including phenoxy) is 7. The van der Waals surface area contributed by atoms with Crippen LogP contribution in [0.4, 0.5) is 0 Å². The molecule has 4 aliphatic heterocycles. The molecule has 2 amide bonds. The van der Waals surface area contributed by atoms with Gasteiger partial charge in [0.05, 0.1) is 38.5 Å². The Morgan fingerprint density at radius 1 is 0.529 bits per heavy atom. The topological polar surface area (TPSA) is 377 Å². The quantitative estimate of drug-likeness (QED) is 0.0881. The third kappa shape index (κ3) is 9.11. The largest absolute Gasteiger partial charge is 0.394 e. The summed E-state index contributed by atoms with van der Waals surface area (Å²) in [6.45, 7) is -0.964. The average molecular weight is 747 g/mol. The van der Waals surface area contributed by atoms with Gasteiger partial charge >= 0.3 is 0 Å². The van der Waals surface area contributed by atoms with E-state index < -0.39 is 161 Å². The van der Waals surface area contributed by atoms with Crippen molar-refractivity contribution in [2.75, 3.05) is 26.4 Å². The zero-order chi connectivity index (χ0) is 37.9. The number of carbonyl (C=O) groups excluding carboxylic acids is 2. The third-order valence-electron chi connectivity index (χ3n) is 9.17. The van der Waals surface area contributed by atoms with Crippen molar-refractivity contribution in [1.82, 2.24) is 10.6 Å². The minimum Gasteiger partial charge on any atom is -0.394 e. The monoisotopic (exact) mass is 746 g/mol. The second kappa shape index (κ2) is 18.0. The lowest BCUT2D eigenvalue weighted by Gasteiger charge is -2.50. The van der Waals surface area contributed by atoms with E-state index in [1.165, 1.54) is 0 Å². The van der Waals surface area contributed by atoms with Crippen LogP contribution in [0.1, 0.15) is 13.8 Å². The molecule has 0 radical (unpaired) electrons. The molecule has 296 valence electrons. The molecule has 0 aromatic heterocycles. The Morgan fingerprint density at radius 3 is 1.37 bits per heavy atom. The van der Waals surface area contributed by atoms with Crippen molar-refractivity contribution >= 4 is 11.8 Å². The summed E-state index contributed by atoms with van der Waals surface area (Å²) in [6.07, 6.45) is -25.2. The van der Waals surface area contributed by atoms with Gasteiger partial charge in [0.2, 0.25) is 11.8 Å². The summed E-state index contributed by atoms with van der Waals surface area (Å²) in [6, 6.07) is -5.81. The molecule has 16 N–H and O–H groups in total. The van der Waals surface area contributed by atoms with Crippen molar-refractivity contribution in [2.24, 2.45) is 11.5 Å². The number of aliphatic hydroxyl groups is 10. The van der Waals surface area contributed by atoms with Crippen LogP contribution >= 0.6 is 0 Å². The molecule has 0 spiro atoms. The van der Waals surface area contributed by atoms with Crippen LogP contribution in [-0.4, -0.2) is 212 Å². The van der Waals surface area contributed by atoms with Gasteiger partial charge in [0.25, 0.3) is 0 Å². The summed E-state index contributed by atoms with van der Waals surface area (Å²) in [7, 11) is 0. The van der Waals surface area contributed by atoms with E-state index in [2.05, 4.69) is 10.6 Å². The fourth-order valence-electron chi connectivity index (χ4n) is 6.44. The molecule has 4 saturated heterocycles. The first kappa shape index (κ1) is 41.9. The van der Waals surface area contributed by atoms with Crippen molar-refractivity contribution in [3.05, 3.63) is 0 Å². The number of rotatable bonds is 12. The number of hydrogen-bond donors (Lipinski definition) is 14. The van der Waals surface area contributed by atoms with Crippen LogP contribution in [-0.2, 0) is 42.7 Å². The fourth-order valence-corrected chi connectivity index (χ4v) is 6.44. The SMILES string of the molecule is CC(=O)N[C@H]1[C@H](O[C@H]2[C@H](O)[C@@H](N)C(O)O[C@@H]2CO)O[C@H](CO)[C@@H](O[C@@H]2O[C@H](CO)[C@@H](O[C@@H]3O[C@H](CO)[C@@H](O)[C@H](O)[C@H]3NC(C)=O)[C@H](O)[C@H]2N)[C@@H]1O. The lowest BCUT2D eigenvalue weighted by atomic mass is 9.93. The normalized spacial score (nSPS) is 47.8. The number of hydrogen-bond acceptors (Lipinski definition) is 21. The number of carbonyl (C=O) groups is 2. The summed E-state index contributed by atoms with van der Waals surface area (Å²) >= 11 is 0. The van der Waals surface area contributed by atoms with Crippen molar-refractivity contribution in [3.8, 4) is 0 Å². The zero-order valence-corrected chi connectivity index (χ0v) is 27.7. The summed E-state index contributed by atoms with van der Waals surface area (Å²) in [5.41, 5.74) is 12.0. The first-order chi connectivity index (χ1) is 24.1. The summed E-state index contributed by atoms with van der Waals surface area (Å²) in [4.78, 5) is 24.0. The molecule has 23 nitrogen and oxygen atoms in total. The highest BCUT2D eigenvalue weighted by molar-refractivity contribution is 5.73. The Hall–Kier alpha value is -1.82. The van der Waals surface area contributed by atoms with Crippen molar-refractivity contribution in [2.45, 2.75) is 136 Å². The molecule has 23 heteroatoms. The van der Waals surface area contributed by atoms with E-state index in [0.29, 0.717) is 0 Å². The Balaban J connectivity index is 1.52. The van der Waals surface area contributed by atoms with E-state index in [9.17, 15) is 60.7 Å². The molecule has 4 rings (SSSR count). The Morgan fingerprint density at radius 2 is 0.902 bits per heavy atom. The first-order valence-corrected chi connectivity index (χ1v) is 16.2. The van der Waals surface area contributed by atoms with E-state index in [0.717, 1.165) is 13.8 Å². The van der Waals surface area contributed by atoms with Gasteiger partial charge in [-0.3, -0.25) is 9.59 Å². The molecule has 51 heavy (non-hydrogen) atoms. The average Bonchev–Trinajstić information content (AvgIpc) is 3.09. The van der Waals surface area contributed by atoms with E-state index >= 15 is 0 Å². The van der Waals surface area contributed by atoms with Gasteiger partial charge in [-0.1, -0.05) is 0 Å². The molecule has 0 aromatic rings. The predicted octanol–water partition coefficient (Wildman–Crippen LogP) is -9.53. The van der Waals surface area contributed by atoms with E-state index in [1.807, 2.05) is 0 Å². The highest BCUT2D eigenvalue weighted by atomic mass is 16.8. The van der Waals surface area contributed by atoms with Gasteiger partial charge < -0.3 is 106 Å². The fraction of sp³-hybridized carbons (Fsp3) is 0.929.